The zero-order valence-corrected chi connectivity index (χ0v) is 14.5. The van der Waals surface area contributed by atoms with Gasteiger partial charge in [-0.1, -0.05) is 17.8 Å². The standard InChI is InChI=1S/C16H19N5O2S/c1-12-4-5-14(8-13(12)2)22-6-3-7-24-16-20-19-15(23-16)9-21-11-17-10-18-21/h4-5,8,10-11H,3,6-7,9H2,1-2H3. The lowest BCUT2D eigenvalue weighted by atomic mass is 10.1. The number of hydrogen-bond acceptors (Lipinski definition) is 7. The number of thioether (sulfide) groups is 1. The summed E-state index contributed by atoms with van der Waals surface area (Å²) in [5.74, 6) is 2.29. The smallest absolute Gasteiger partial charge is 0.276 e. The third-order valence-corrected chi connectivity index (χ3v) is 4.38. The molecular weight excluding hydrogens is 326 g/mol. The van der Waals surface area contributed by atoms with Crippen molar-refractivity contribution in [3.05, 3.63) is 47.9 Å². The quantitative estimate of drug-likeness (QED) is 0.459. The van der Waals surface area contributed by atoms with E-state index < -0.39 is 0 Å². The first-order valence-corrected chi connectivity index (χ1v) is 8.67. The third-order valence-electron chi connectivity index (χ3n) is 3.47. The molecule has 0 saturated heterocycles. The van der Waals surface area contributed by atoms with Gasteiger partial charge in [-0.25, -0.2) is 9.67 Å². The third kappa shape index (κ3) is 4.58. The van der Waals surface area contributed by atoms with E-state index in [0.29, 0.717) is 24.3 Å². The van der Waals surface area contributed by atoms with Crippen LogP contribution in [0.1, 0.15) is 23.4 Å². The maximum atomic E-state index is 5.76. The lowest BCUT2D eigenvalue weighted by Crippen LogP contribution is -1.99. The number of benzene rings is 1. The summed E-state index contributed by atoms with van der Waals surface area (Å²) in [6, 6.07) is 6.15. The van der Waals surface area contributed by atoms with Crippen LogP contribution in [-0.2, 0) is 6.54 Å². The molecular formula is C16H19N5O2S. The average Bonchev–Trinajstić information content (AvgIpc) is 3.23. The second kappa shape index (κ2) is 7.96. The van der Waals surface area contributed by atoms with E-state index >= 15 is 0 Å². The molecule has 0 amide bonds. The predicted molar refractivity (Wildman–Crippen MR) is 90.2 cm³/mol. The molecule has 24 heavy (non-hydrogen) atoms. The van der Waals surface area contributed by atoms with Crippen molar-refractivity contribution in [2.75, 3.05) is 12.4 Å². The molecule has 0 aliphatic heterocycles. The van der Waals surface area contributed by atoms with E-state index in [1.807, 2.05) is 6.07 Å². The molecule has 0 atom stereocenters. The summed E-state index contributed by atoms with van der Waals surface area (Å²) in [6.45, 7) is 5.28. The van der Waals surface area contributed by atoms with Gasteiger partial charge in [0.1, 0.15) is 24.9 Å². The summed E-state index contributed by atoms with van der Waals surface area (Å²) in [5.41, 5.74) is 2.52. The lowest BCUT2D eigenvalue weighted by molar-refractivity contribution is 0.318. The molecule has 0 bridgehead atoms. The molecule has 0 spiro atoms. The molecule has 0 N–H and O–H groups in total. The molecule has 0 aliphatic rings. The summed E-state index contributed by atoms with van der Waals surface area (Å²) in [7, 11) is 0. The molecule has 0 unspecified atom stereocenters. The molecule has 3 rings (SSSR count). The number of nitrogens with zero attached hydrogens (tertiary/aromatic N) is 5. The fourth-order valence-electron chi connectivity index (χ4n) is 2.03. The normalized spacial score (nSPS) is 10.9. The van der Waals surface area contributed by atoms with Gasteiger partial charge in [-0.2, -0.15) is 5.10 Å². The summed E-state index contributed by atoms with van der Waals surface area (Å²) in [5, 5.41) is 12.6. The van der Waals surface area contributed by atoms with Gasteiger partial charge < -0.3 is 9.15 Å². The van der Waals surface area contributed by atoms with E-state index in [9.17, 15) is 0 Å². The van der Waals surface area contributed by atoms with Crippen molar-refractivity contribution >= 4 is 11.8 Å². The zero-order valence-electron chi connectivity index (χ0n) is 13.7. The number of aromatic nitrogens is 5. The van der Waals surface area contributed by atoms with E-state index in [0.717, 1.165) is 17.9 Å². The fraction of sp³-hybridized carbons (Fsp3) is 0.375. The van der Waals surface area contributed by atoms with Crippen molar-refractivity contribution in [2.24, 2.45) is 0 Å². The Kier molecular flexibility index (Phi) is 5.47. The second-order valence-electron chi connectivity index (χ2n) is 5.35. The molecule has 0 fully saturated rings. The maximum absolute atomic E-state index is 5.76. The van der Waals surface area contributed by atoms with Crippen molar-refractivity contribution in [2.45, 2.75) is 32.0 Å². The van der Waals surface area contributed by atoms with Crippen molar-refractivity contribution in [1.82, 2.24) is 25.0 Å². The topological polar surface area (TPSA) is 78.9 Å². The number of hydrogen-bond donors (Lipinski definition) is 0. The number of rotatable bonds is 8. The van der Waals surface area contributed by atoms with Gasteiger partial charge in [0.15, 0.2) is 0 Å². The highest BCUT2D eigenvalue weighted by molar-refractivity contribution is 7.99. The average molecular weight is 345 g/mol. The SMILES string of the molecule is Cc1ccc(OCCCSc2nnc(Cn3cncn3)o2)cc1C. The van der Waals surface area contributed by atoms with Crippen LogP contribution in [0.15, 0.2) is 40.5 Å². The Labute approximate surface area is 144 Å². The minimum atomic E-state index is 0.434. The minimum absolute atomic E-state index is 0.434. The van der Waals surface area contributed by atoms with Crippen LogP contribution in [0, 0.1) is 13.8 Å². The minimum Gasteiger partial charge on any atom is -0.494 e. The van der Waals surface area contributed by atoms with Crippen LogP contribution in [0.25, 0.3) is 0 Å². The van der Waals surface area contributed by atoms with Crippen LogP contribution in [-0.4, -0.2) is 37.3 Å². The second-order valence-corrected chi connectivity index (χ2v) is 6.40. The van der Waals surface area contributed by atoms with Gasteiger partial charge in [-0.05, 0) is 43.5 Å². The van der Waals surface area contributed by atoms with E-state index in [2.05, 4.69) is 46.3 Å². The molecule has 3 aromatic rings. The van der Waals surface area contributed by atoms with Crippen molar-refractivity contribution in [3.63, 3.8) is 0 Å². The van der Waals surface area contributed by atoms with E-state index in [1.54, 1.807) is 11.0 Å². The van der Waals surface area contributed by atoms with Crippen LogP contribution < -0.4 is 4.74 Å². The van der Waals surface area contributed by atoms with Crippen LogP contribution in [0.4, 0.5) is 0 Å². The van der Waals surface area contributed by atoms with Gasteiger partial charge in [0, 0.05) is 5.75 Å². The molecule has 8 heteroatoms. The Balaban J connectivity index is 1.37. The first-order valence-electron chi connectivity index (χ1n) is 7.68. The number of aryl methyl sites for hydroxylation is 2. The van der Waals surface area contributed by atoms with Gasteiger partial charge in [-0.15, -0.1) is 10.2 Å². The fourth-order valence-corrected chi connectivity index (χ4v) is 2.72. The molecule has 7 nitrogen and oxygen atoms in total. The van der Waals surface area contributed by atoms with Crippen molar-refractivity contribution < 1.29 is 9.15 Å². The first kappa shape index (κ1) is 16.5. The van der Waals surface area contributed by atoms with E-state index in [1.165, 1.54) is 29.2 Å². The highest BCUT2D eigenvalue weighted by Crippen LogP contribution is 2.19. The highest BCUT2D eigenvalue weighted by atomic mass is 32.2. The largest absolute Gasteiger partial charge is 0.494 e. The Bertz CT molecular complexity index is 773. The van der Waals surface area contributed by atoms with E-state index in [-0.39, 0.29) is 0 Å². The Morgan fingerprint density at radius 2 is 2.12 bits per heavy atom. The van der Waals surface area contributed by atoms with Crippen LogP contribution in [0.2, 0.25) is 0 Å². The molecule has 0 saturated carbocycles. The first-order chi connectivity index (χ1) is 11.7. The van der Waals surface area contributed by atoms with Gasteiger partial charge in [0.25, 0.3) is 5.22 Å². The van der Waals surface area contributed by atoms with Gasteiger partial charge in [0.05, 0.1) is 6.61 Å². The molecule has 0 aliphatic carbocycles. The van der Waals surface area contributed by atoms with Crippen LogP contribution in [0.5, 0.6) is 5.75 Å². The summed E-state index contributed by atoms with van der Waals surface area (Å²) >= 11 is 1.53. The predicted octanol–water partition coefficient (Wildman–Crippen LogP) is 2.89. The van der Waals surface area contributed by atoms with Crippen molar-refractivity contribution in [3.8, 4) is 5.75 Å². The Morgan fingerprint density at radius 1 is 1.21 bits per heavy atom. The van der Waals surface area contributed by atoms with Crippen LogP contribution >= 0.6 is 11.8 Å². The number of ether oxygens (including phenoxy) is 1. The highest BCUT2D eigenvalue weighted by Gasteiger charge is 2.07. The van der Waals surface area contributed by atoms with E-state index in [4.69, 9.17) is 9.15 Å². The van der Waals surface area contributed by atoms with Gasteiger partial charge >= 0.3 is 0 Å². The molecule has 126 valence electrons. The maximum Gasteiger partial charge on any atom is 0.276 e. The summed E-state index contributed by atoms with van der Waals surface area (Å²) < 4.78 is 13.0. The lowest BCUT2D eigenvalue weighted by Gasteiger charge is -2.07. The van der Waals surface area contributed by atoms with Gasteiger partial charge in [0.2, 0.25) is 5.89 Å². The Morgan fingerprint density at radius 3 is 2.92 bits per heavy atom. The zero-order chi connectivity index (χ0) is 16.8. The summed E-state index contributed by atoms with van der Waals surface area (Å²) in [4.78, 5) is 3.87. The molecule has 2 heterocycles. The summed E-state index contributed by atoms with van der Waals surface area (Å²) in [6.07, 6.45) is 3.99. The molecule has 0 radical (unpaired) electrons. The van der Waals surface area contributed by atoms with Crippen molar-refractivity contribution in [1.29, 1.82) is 0 Å². The molecule has 1 aromatic carbocycles. The molecule has 2 aromatic heterocycles. The van der Waals surface area contributed by atoms with Crippen LogP contribution in [0.3, 0.4) is 0 Å². The van der Waals surface area contributed by atoms with Gasteiger partial charge in [-0.3, -0.25) is 0 Å². The monoisotopic (exact) mass is 345 g/mol. The Hall–Kier alpha value is -2.35.